The summed E-state index contributed by atoms with van der Waals surface area (Å²) in [6, 6.07) is 19.5. The summed E-state index contributed by atoms with van der Waals surface area (Å²) in [7, 11) is 1.38. The molecule has 1 aliphatic heterocycles. The Morgan fingerprint density at radius 3 is 2.48 bits per heavy atom. The zero-order valence-corrected chi connectivity index (χ0v) is 17.8. The number of benzene rings is 2. The van der Waals surface area contributed by atoms with Crippen LogP contribution in [-0.2, 0) is 19.1 Å². The predicted molar refractivity (Wildman–Crippen MR) is 117 cm³/mol. The Balaban J connectivity index is 1.51. The largest absolute Gasteiger partial charge is 0.481 e. The number of halogens is 3. The lowest BCUT2D eigenvalue weighted by molar-refractivity contribution is -0.141. The molecule has 3 heterocycles. The molecule has 33 heavy (non-hydrogen) atoms. The Morgan fingerprint density at radius 2 is 1.76 bits per heavy atom. The van der Waals surface area contributed by atoms with Crippen LogP contribution in [0.1, 0.15) is 27.2 Å². The fourth-order valence-corrected chi connectivity index (χ4v) is 4.25. The number of carbonyl (C=O) groups is 1. The van der Waals surface area contributed by atoms with Gasteiger partial charge in [0.05, 0.1) is 12.6 Å². The molecule has 0 bridgehead atoms. The van der Waals surface area contributed by atoms with E-state index in [9.17, 15) is 18.0 Å². The molecule has 0 saturated carbocycles. The number of pyridine rings is 1. The molecule has 2 aromatic heterocycles. The second-order valence-corrected chi connectivity index (χ2v) is 7.95. The highest BCUT2D eigenvalue weighted by Crippen LogP contribution is 2.35. The van der Waals surface area contributed by atoms with Crippen LogP contribution in [0.5, 0.6) is 5.88 Å². The van der Waals surface area contributed by atoms with Crippen LogP contribution >= 0.6 is 0 Å². The third kappa shape index (κ3) is 3.82. The number of methoxy groups -OCH3 is 1. The number of nitrogens with zero attached hydrogens (tertiary/aromatic N) is 3. The molecule has 1 amide bonds. The minimum Gasteiger partial charge on any atom is -0.481 e. The van der Waals surface area contributed by atoms with Gasteiger partial charge in [0.2, 0.25) is 5.88 Å². The molecular formula is C25H20F3N3O2. The molecule has 0 unspecified atom stereocenters. The molecular weight excluding hydrogens is 431 g/mol. The van der Waals surface area contributed by atoms with Gasteiger partial charge in [0.1, 0.15) is 0 Å². The van der Waals surface area contributed by atoms with Crippen molar-refractivity contribution in [3.05, 3.63) is 89.1 Å². The summed E-state index contributed by atoms with van der Waals surface area (Å²) in [5.74, 6) is 0.157. The van der Waals surface area contributed by atoms with Crippen LogP contribution in [0.15, 0.2) is 66.7 Å². The molecule has 8 heteroatoms. The van der Waals surface area contributed by atoms with E-state index in [0.717, 1.165) is 27.3 Å². The first kappa shape index (κ1) is 21.1. The molecule has 0 spiro atoms. The number of hydrogen-bond donors (Lipinski definition) is 0. The molecule has 5 rings (SSSR count). The van der Waals surface area contributed by atoms with Gasteiger partial charge in [-0.1, -0.05) is 42.5 Å². The van der Waals surface area contributed by atoms with Crippen molar-refractivity contribution in [3.63, 3.8) is 0 Å². The van der Waals surface area contributed by atoms with E-state index in [1.807, 2.05) is 41.3 Å². The van der Waals surface area contributed by atoms with Gasteiger partial charge in [0, 0.05) is 30.3 Å². The summed E-state index contributed by atoms with van der Waals surface area (Å²) in [4.78, 5) is 14.9. The summed E-state index contributed by atoms with van der Waals surface area (Å²) in [5.41, 5.74) is 3.17. The monoisotopic (exact) mass is 451 g/mol. The van der Waals surface area contributed by atoms with E-state index in [0.29, 0.717) is 30.6 Å². The molecule has 5 nitrogen and oxygen atoms in total. The van der Waals surface area contributed by atoms with Gasteiger partial charge in [-0.15, -0.1) is 0 Å². The molecule has 0 aliphatic carbocycles. The van der Waals surface area contributed by atoms with Crippen LogP contribution in [0.4, 0.5) is 13.2 Å². The summed E-state index contributed by atoms with van der Waals surface area (Å²) < 4.78 is 46.2. The van der Waals surface area contributed by atoms with Crippen molar-refractivity contribution in [1.29, 1.82) is 0 Å². The van der Waals surface area contributed by atoms with Crippen molar-refractivity contribution in [2.24, 2.45) is 0 Å². The molecule has 0 radical (unpaired) electrons. The minimum absolute atomic E-state index is 0.0461. The molecule has 1 aliphatic rings. The topological polar surface area (TPSA) is 46.8 Å². The maximum Gasteiger partial charge on any atom is 0.435 e. The van der Waals surface area contributed by atoms with Crippen LogP contribution in [0, 0.1) is 0 Å². The van der Waals surface area contributed by atoms with Crippen molar-refractivity contribution < 1.29 is 22.7 Å². The number of amides is 1. The Kier molecular flexibility index (Phi) is 5.08. The predicted octanol–water partition coefficient (Wildman–Crippen LogP) is 5.23. The first-order valence-corrected chi connectivity index (χ1v) is 10.5. The SMILES string of the molecule is COc1ccc(-c2ccc3c(c2)CCN(Cc2ccccc2)C3=O)c2cc(C(F)(F)F)nn12. The van der Waals surface area contributed by atoms with Crippen LogP contribution in [0.2, 0.25) is 0 Å². The standard InChI is InChI=1S/C25H20F3N3O2/c1-33-23-10-9-19(21-14-22(25(26,27)28)29-31(21)23)17-7-8-20-18(13-17)11-12-30(24(20)32)15-16-5-3-2-4-6-16/h2-10,13-14H,11-12,15H2,1H3. The van der Waals surface area contributed by atoms with E-state index < -0.39 is 11.9 Å². The molecule has 0 atom stereocenters. The molecule has 0 fully saturated rings. The average molecular weight is 451 g/mol. The van der Waals surface area contributed by atoms with Gasteiger partial charge < -0.3 is 9.64 Å². The molecule has 2 aromatic carbocycles. The van der Waals surface area contributed by atoms with Crippen LogP contribution < -0.4 is 4.74 Å². The van der Waals surface area contributed by atoms with E-state index in [2.05, 4.69) is 5.10 Å². The van der Waals surface area contributed by atoms with Gasteiger partial charge in [0.15, 0.2) is 5.69 Å². The van der Waals surface area contributed by atoms with E-state index in [-0.39, 0.29) is 17.3 Å². The van der Waals surface area contributed by atoms with Crippen LogP contribution in [-0.4, -0.2) is 34.1 Å². The second-order valence-electron chi connectivity index (χ2n) is 7.95. The second kappa shape index (κ2) is 7.95. The Morgan fingerprint density at radius 1 is 1.00 bits per heavy atom. The fourth-order valence-electron chi connectivity index (χ4n) is 4.25. The van der Waals surface area contributed by atoms with Gasteiger partial charge in [-0.3, -0.25) is 4.79 Å². The number of rotatable bonds is 4. The molecule has 4 aromatic rings. The number of aromatic nitrogens is 2. The van der Waals surface area contributed by atoms with Crippen molar-refractivity contribution >= 4 is 11.4 Å². The van der Waals surface area contributed by atoms with Crippen molar-refractivity contribution in [2.75, 3.05) is 13.7 Å². The minimum atomic E-state index is -4.57. The molecule has 168 valence electrons. The van der Waals surface area contributed by atoms with Crippen molar-refractivity contribution in [3.8, 4) is 17.0 Å². The third-order valence-electron chi connectivity index (χ3n) is 5.89. The lowest BCUT2D eigenvalue weighted by Gasteiger charge is -2.29. The first-order valence-electron chi connectivity index (χ1n) is 10.5. The van der Waals surface area contributed by atoms with Gasteiger partial charge in [-0.25, -0.2) is 0 Å². The summed E-state index contributed by atoms with van der Waals surface area (Å²) >= 11 is 0. The average Bonchev–Trinajstić information content (AvgIpc) is 3.27. The third-order valence-corrected chi connectivity index (χ3v) is 5.89. The zero-order valence-electron chi connectivity index (χ0n) is 17.8. The smallest absolute Gasteiger partial charge is 0.435 e. The van der Waals surface area contributed by atoms with Crippen molar-refractivity contribution in [2.45, 2.75) is 19.1 Å². The van der Waals surface area contributed by atoms with Crippen LogP contribution in [0.3, 0.4) is 0 Å². The zero-order chi connectivity index (χ0) is 23.2. The Labute approximate surface area is 188 Å². The number of fused-ring (bicyclic) bond motifs is 2. The Hall–Kier alpha value is -3.81. The van der Waals surface area contributed by atoms with Gasteiger partial charge >= 0.3 is 6.18 Å². The summed E-state index contributed by atoms with van der Waals surface area (Å²) in [6.07, 6.45) is -3.90. The highest BCUT2D eigenvalue weighted by atomic mass is 19.4. The fraction of sp³-hybridized carbons (Fsp3) is 0.200. The first-order chi connectivity index (χ1) is 15.8. The quantitative estimate of drug-likeness (QED) is 0.427. The number of hydrogen-bond acceptors (Lipinski definition) is 3. The maximum absolute atomic E-state index is 13.3. The van der Waals surface area contributed by atoms with Gasteiger partial charge in [0.25, 0.3) is 5.91 Å². The maximum atomic E-state index is 13.3. The lowest BCUT2D eigenvalue weighted by atomic mass is 9.93. The van der Waals surface area contributed by atoms with Gasteiger partial charge in [-0.05, 0) is 41.3 Å². The molecule has 0 N–H and O–H groups in total. The Bertz CT molecular complexity index is 1350. The van der Waals surface area contributed by atoms with Crippen molar-refractivity contribution in [1.82, 2.24) is 14.5 Å². The highest BCUT2D eigenvalue weighted by Gasteiger charge is 2.35. The molecule has 0 saturated heterocycles. The normalized spacial score (nSPS) is 13.9. The van der Waals surface area contributed by atoms with Gasteiger partial charge in [-0.2, -0.15) is 22.8 Å². The van der Waals surface area contributed by atoms with E-state index >= 15 is 0 Å². The van der Waals surface area contributed by atoms with E-state index in [1.165, 1.54) is 7.11 Å². The number of carbonyl (C=O) groups excluding carboxylic acids is 1. The number of ether oxygens (including phenoxy) is 1. The summed E-state index contributed by atoms with van der Waals surface area (Å²) in [5, 5.41) is 3.70. The summed E-state index contributed by atoms with van der Waals surface area (Å²) in [6.45, 7) is 1.11. The van der Waals surface area contributed by atoms with E-state index in [4.69, 9.17) is 4.74 Å². The lowest BCUT2D eigenvalue weighted by Crippen LogP contribution is -2.37. The number of alkyl halides is 3. The van der Waals surface area contributed by atoms with Crippen LogP contribution in [0.25, 0.3) is 16.6 Å². The highest BCUT2D eigenvalue weighted by molar-refractivity contribution is 5.97. The van der Waals surface area contributed by atoms with E-state index in [1.54, 1.807) is 24.3 Å².